The first-order valence-corrected chi connectivity index (χ1v) is 14.1. The van der Waals surface area contributed by atoms with Gasteiger partial charge in [-0.25, -0.2) is 0 Å². The normalized spacial score (nSPS) is 13.0. The van der Waals surface area contributed by atoms with Crippen LogP contribution in [0.1, 0.15) is 34.1 Å². The lowest BCUT2D eigenvalue weighted by Gasteiger charge is -2.38. The molecule has 3 aromatic rings. The van der Waals surface area contributed by atoms with Gasteiger partial charge in [-0.15, -0.1) is 0 Å². The van der Waals surface area contributed by atoms with Gasteiger partial charge in [-0.2, -0.15) is 0 Å². The van der Waals surface area contributed by atoms with E-state index in [0.717, 1.165) is 43.3 Å². The van der Waals surface area contributed by atoms with Crippen LogP contribution < -0.4 is 34.6 Å². The molecule has 0 atom stereocenters. The number of methoxy groups -OCH3 is 3. The van der Waals surface area contributed by atoms with E-state index >= 15 is 0 Å². The highest BCUT2D eigenvalue weighted by Crippen LogP contribution is 2.31. The summed E-state index contributed by atoms with van der Waals surface area (Å²) in [6, 6.07) is 18.4. The summed E-state index contributed by atoms with van der Waals surface area (Å²) in [6.45, 7) is 6.62. The van der Waals surface area contributed by atoms with E-state index in [1.165, 1.54) is 7.11 Å². The number of amides is 2. The van der Waals surface area contributed by atoms with Crippen molar-refractivity contribution in [3.05, 3.63) is 71.8 Å². The van der Waals surface area contributed by atoms with Crippen LogP contribution in [0.4, 0.5) is 17.1 Å². The standard InChI is InChI=1S/C32H40N4O6/c1-5-42-20-8-15-33-31(37)26-21-23(34-32(38)25-13-12-24(39-2)22-30(25)41-4)11-14-27(26)35-16-18-36(19-17-35)28-9-6-7-10-29(28)40-3/h6-7,9-14,21-22H,5,8,15-20H2,1-4H3,(H,33,37)(H,34,38). The SMILES string of the molecule is CCOCCCNC(=O)c1cc(NC(=O)c2ccc(OC)cc2OC)ccc1N1CCN(c2ccccc2OC)CC1. The van der Waals surface area contributed by atoms with Gasteiger partial charge in [-0.1, -0.05) is 12.1 Å². The van der Waals surface area contributed by atoms with Crippen LogP contribution in [0.5, 0.6) is 17.2 Å². The van der Waals surface area contributed by atoms with E-state index < -0.39 is 0 Å². The number of anilines is 3. The first-order valence-electron chi connectivity index (χ1n) is 14.1. The Hall–Kier alpha value is -4.44. The fourth-order valence-electron chi connectivity index (χ4n) is 4.95. The van der Waals surface area contributed by atoms with Crippen LogP contribution in [0.2, 0.25) is 0 Å². The van der Waals surface area contributed by atoms with Crippen molar-refractivity contribution in [3.63, 3.8) is 0 Å². The van der Waals surface area contributed by atoms with Gasteiger partial charge >= 0.3 is 0 Å². The first kappa shape index (κ1) is 30.5. The minimum atomic E-state index is -0.351. The Bertz CT molecular complexity index is 1360. The first-order chi connectivity index (χ1) is 20.5. The fourth-order valence-corrected chi connectivity index (χ4v) is 4.95. The molecular weight excluding hydrogens is 536 g/mol. The molecule has 2 N–H and O–H groups in total. The predicted octanol–water partition coefficient (Wildman–Crippen LogP) is 4.45. The molecule has 0 unspecified atom stereocenters. The molecule has 0 aromatic heterocycles. The maximum atomic E-state index is 13.4. The van der Waals surface area contributed by atoms with Gasteiger partial charge in [0.1, 0.15) is 17.2 Å². The molecule has 1 saturated heterocycles. The summed E-state index contributed by atoms with van der Waals surface area (Å²) in [5, 5.41) is 5.93. The third-order valence-electron chi connectivity index (χ3n) is 7.15. The summed E-state index contributed by atoms with van der Waals surface area (Å²) in [7, 11) is 4.74. The van der Waals surface area contributed by atoms with Gasteiger partial charge in [0.25, 0.3) is 11.8 Å². The Kier molecular flexibility index (Phi) is 10.9. The van der Waals surface area contributed by atoms with Gasteiger partial charge in [-0.05, 0) is 55.8 Å². The predicted molar refractivity (Wildman–Crippen MR) is 165 cm³/mol. The van der Waals surface area contributed by atoms with Crippen LogP contribution in [-0.2, 0) is 4.74 Å². The summed E-state index contributed by atoms with van der Waals surface area (Å²) in [4.78, 5) is 31.1. The molecule has 2 amide bonds. The van der Waals surface area contributed by atoms with Crippen molar-refractivity contribution in [1.82, 2.24) is 5.32 Å². The number of ether oxygens (including phenoxy) is 4. The number of nitrogens with one attached hydrogen (secondary N) is 2. The Labute approximate surface area is 247 Å². The summed E-state index contributed by atoms with van der Waals surface area (Å²) < 4.78 is 21.6. The third-order valence-corrected chi connectivity index (χ3v) is 7.15. The van der Waals surface area contributed by atoms with Gasteiger partial charge in [0.2, 0.25) is 0 Å². The summed E-state index contributed by atoms with van der Waals surface area (Å²) in [5.74, 6) is 1.26. The van der Waals surface area contributed by atoms with Crippen LogP contribution in [0.15, 0.2) is 60.7 Å². The van der Waals surface area contributed by atoms with E-state index in [1.807, 2.05) is 37.3 Å². The number of hydrogen-bond donors (Lipinski definition) is 2. The molecular formula is C32H40N4O6. The van der Waals surface area contributed by atoms with Gasteiger partial charge in [-0.3, -0.25) is 9.59 Å². The monoisotopic (exact) mass is 576 g/mol. The Morgan fingerprint density at radius 2 is 1.48 bits per heavy atom. The molecule has 1 heterocycles. The summed E-state index contributed by atoms with van der Waals surface area (Å²) in [5.41, 5.74) is 3.23. The molecule has 0 radical (unpaired) electrons. The molecule has 0 saturated carbocycles. The zero-order valence-corrected chi connectivity index (χ0v) is 24.8. The number of rotatable bonds is 13. The lowest BCUT2D eigenvalue weighted by Crippen LogP contribution is -2.47. The smallest absolute Gasteiger partial charge is 0.259 e. The number of hydrogen-bond acceptors (Lipinski definition) is 8. The third kappa shape index (κ3) is 7.44. The molecule has 1 aliphatic heterocycles. The molecule has 1 fully saturated rings. The van der Waals surface area contributed by atoms with Crippen LogP contribution in [0, 0.1) is 0 Å². The zero-order valence-electron chi connectivity index (χ0n) is 24.8. The maximum absolute atomic E-state index is 13.4. The Morgan fingerprint density at radius 3 is 2.17 bits per heavy atom. The van der Waals surface area contributed by atoms with Crippen molar-refractivity contribution in [1.29, 1.82) is 0 Å². The minimum absolute atomic E-state index is 0.202. The molecule has 224 valence electrons. The number of piperazine rings is 1. The Morgan fingerprint density at radius 1 is 0.762 bits per heavy atom. The molecule has 10 nitrogen and oxygen atoms in total. The van der Waals surface area contributed by atoms with Crippen molar-refractivity contribution in [2.45, 2.75) is 13.3 Å². The zero-order chi connectivity index (χ0) is 29.9. The van der Waals surface area contributed by atoms with E-state index in [0.29, 0.717) is 54.5 Å². The fraction of sp³-hybridized carbons (Fsp3) is 0.375. The van der Waals surface area contributed by atoms with Crippen molar-refractivity contribution in [3.8, 4) is 17.2 Å². The topological polar surface area (TPSA) is 102 Å². The summed E-state index contributed by atoms with van der Waals surface area (Å²) in [6.07, 6.45) is 0.709. The van der Waals surface area contributed by atoms with Gasteiger partial charge in [0.05, 0.1) is 38.1 Å². The molecule has 4 rings (SSSR count). The average Bonchev–Trinajstić information content (AvgIpc) is 3.04. The van der Waals surface area contributed by atoms with Crippen LogP contribution in [0.3, 0.4) is 0 Å². The lowest BCUT2D eigenvalue weighted by molar-refractivity contribution is 0.0943. The van der Waals surface area contributed by atoms with Crippen LogP contribution in [0.25, 0.3) is 0 Å². The van der Waals surface area contributed by atoms with Gasteiger partial charge in [0.15, 0.2) is 0 Å². The highest BCUT2D eigenvalue weighted by molar-refractivity contribution is 6.08. The van der Waals surface area contributed by atoms with Crippen molar-refractivity contribution in [2.75, 3.05) is 82.4 Å². The second-order valence-electron chi connectivity index (χ2n) is 9.70. The lowest BCUT2D eigenvalue weighted by atomic mass is 10.1. The van der Waals surface area contributed by atoms with Crippen molar-refractivity contribution < 1.29 is 28.5 Å². The van der Waals surface area contributed by atoms with E-state index in [4.69, 9.17) is 18.9 Å². The average molecular weight is 577 g/mol. The molecule has 1 aliphatic rings. The second kappa shape index (κ2) is 15.0. The largest absolute Gasteiger partial charge is 0.497 e. The molecule has 42 heavy (non-hydrogen) atoms. The van der Waals surface area contributed by atoms with Crippen molar-refractivity contribution in [2.24, 2.45) is 0 Å². The highest BCUT2D eigenvalue weighted by atomic mass is 16.5. The number of nitrogens with zero attached hydrogens (tertiary/aromatic N) is 2. The van der Waals surface area contributed by atoms with E-state index in [9.17, 15) is 9.59 Å². The minimum Gasteiger partial charge on any atom is -0.497 e. The molecule has 0 spiro atoms. The van der Waals surface area contributed by atoms with Crippen LogP contribution in [-0.4, -0.2) is 79.1 Å². The second-order valence-corrected chi connectivity index (χ2v) is 9.70. The maximum Gasteiger partial charge on any atom is 0.259 e. The molecule has 0 aliphatic carbocycles. The van der Waals surface area contributed by atoms with E-state index in [-0.39, 0.29) is 11.8 Å². The molecule has 3 aromatic carbocycles. The Balaban J connectivity index is 1.54. The number of para-hydroxylation sites is 2. The van der Waals surface area contributed by atoms with Gasteiger partial charge < -0.3 is 39.4 Å². The van der Waals surface area contributed by atoms with E-state index in [1.54, 1.807) is 38.5 Å². The summed E-state index contributed by atoms with van der Waals surface area (Å²) >= 11 is 0. The number of benzene rings is 3. The molecule has 10 heteroatoms. The number of carbonyl (C=O) groups is 2. The van der Waals surface area contributed by atoms with Gasteiger partial charge in [0, 0.05) is 63.4 Å². The van der Waals surface area contributed by atoms with Crippen molar-refractivity contribution >= 4 is 28.9 Å². The molecule has 0 bridgehead atoms. The number of carbonyl (C=O) groups excluding carboxylic acids is 2. The van der Waals surface area contributed by atoms with Crippen LogP contribution >= 0.6 is 0 Å². The quantitative estimate of drug-likeness (QED) is 0.288. The van der Waals surface area contributed by atoms with E-state index in [2.05, 4.69) is 26.5 Å². The highest BCUT2D eigenvalue weighted by Gasteiger charge is 2.24.